The van der Waals surface area contributed by atoms with Gasteiger partial charge in [-0.05, 0) is 69.3 Å². The molecule has 1 heterocycles. The SMILES string of the molecule is CC(Oc1ccc(F)cc1)C(=O)N(Cc1nnc(-c2ccc(Cl)cc2)o1)C(C)C. The molecule has 0 aliphatic carbocycles. The minimum absolute atomic E-state index is 0.118. The first-order valence-electron chi connectivity index (χ1n) is 9.14. The van der Waals surface area contributed by atoms with Crippen molar-refractivity contribution in [3.8, 4) is 17.2 Å². The molecule has 1 amide bonds. The summed E-state index contributed by atoms with van der Waals surface area (Å²) in [5.41, 5.74) is 0.739. The first-order chi connectivity index (χ1) is 13.8. The number of ether oxygens (including phenoxy) is 1. The van der Waals surface area contributed by atoms with Crippen molar-refractivity contribution in [2.24, 2.45) is 0 Å². The van der Waals surface area contributed by atoms with Crippen LogP contribution in [0.3, 0.4) is 0 Å². The fourth-order valence-electron chi connectivity index (χ4n) is 2.69. The molecule has 1 aromatic heterocycles. The van der Waals surface area contributed by atoms with Gasteiger partial charge < -0.3 is 14.1 Å². The van der Waals surface area contributed by atoms with E-state index in [-0.39, 0.29) is 24.3 Å². The van der Waals surface area contributed by atoms with Gasteiger partial charge in [0.15, 0.2) is 6.10 Å². The predicted molar refractivity (Wildman–Crippen MR) is 107 cm³/mol. The molecule has 0 saturated heterocycles. The molecule has 0 fully saturated rings. The highest BCUT2D eigenvalue weighted by Gasteiger charge is 2.26. The lowest BCUT2D eigenvalue weighted by atomic mass is 10.2. The normalized spacial score (nSPS) is 12.1. The molecule has 0 saturated carbocycles. The van der Waals surface area contributed by atoms with Crippen LogP contribution in [-0.4, -0.2) is 33.2 Å². The van der Waals surface area contributed by atoms with Gasteiger partial charge in [0.2, 0.25) is 11.8 Å². The summed E-state index contributed by atoms with van der Waals surface area (Å²) < 4.78 is 24.4. The lowest BCUT2D eigenvalue weighted by Crippen LogP contribution is -2.43. The van der Waals surface area contributed by atoms with Crippen LogP contribution in [0.25, 0.3) is 11.5 Å². The van der Waals surface area contributed by atoms with Crippen LogP contribution in [0.5, 0.6) is 5.75 Å². The quantitative estimate of drug-likeness (QED) is 0.555. The summed E-state index contributed by atoms with van der Waals surface area (Å²) >= 11 is 5.90. The van der Waals surface area contributed by atoms with E-state index >= 15 is 0 Å². The van der Waals surface area contributed by atoms with Gasteiger partial charge in [0, 0.05) is 16.6 Å². The Bertz CT molecular complexity index is 958. The Balaban J connectivity index is 1.70. The first-order valence-corrected chi connectivity index (χ1v) is 9.52. The van der Waals surface area contributed by atoms with Crippen molar-refractivity contribution in [2.45, 2.75) is 39.5 Å². The third-order valence-electron chi connectivity index (χ3n) is 4.24. The maximum absolute atomic E-state index is 13.0. The van der Waals surface area contributed by atoms with Gasteiger partial charge in [-0.25, -0.2) is 4.39 Å². The van der Waals surface area contributed by atoms with E-state index in [4.69, 9.17) is 20.8 Å². The number of halogens is 2. The molecule has 0 spiro atoms. The molecule has 3 rings (SSSR count). The fraction of sp³-hybridized carbons (Fsp3) is 0.286. The molecule has 0 radical (unpaired) electrons. The lowest BCUT2D eigenvalue weighted by Gasteiger charge is -2.28. The van der Waals surface area contributed by atoms with Gasteiger partial charge in [0.25, 0.3) is 5.91 Å². The van der Waals surface area contributed by atoms with Crippen molar-refractivity contribution in [3.05, 3.63) is 65.3 Å². The Morgan fingerprint density at radius 3 is 2.38 bits per heavy atom. The molecule has 0 aliphatic rings. The van der Waals surface area contributed by atoms with Gasteiger partial charge in [-0.2, -0.15) is 0 Å². The zero-order valence-corrected chi connectivity index (χ0v) is 17.1. The average molecular weight is 418 g/mol. The Morgan fingerprint density at radius 2 is 1.76 bits per heavy atom. The topological polar surface area (TPSA) is 68.5 Å². The number of carbonyl (C=O) groups excluding carboxylic acids is 1. The molecule has 0 bridgehead atoms. The van der Waals surface area contributed by atoms with E-state index in [1.165, 1.54) is 24.3 Å². The molecular weight excluding hydrogens is 397 g/mol. The van der Waals surface area contributed by atoms with Crippen LogP contribution in [0.4, 0.5) is 4.39 Å². The van der Waals surface area contributed by atoms with E-state index in [0.29, 0.717) is 22.6 Å². The van der Waals surface area contributed by atoms with Crippen molar-refractivity contribution < 1.29 is 18.3 Å². The summed E-state index contributed by atoms with van der Waals surface area (Å²) in [6, 6.07) is 12.4. The second-order valence-electron chi connectivity index (χ2n) is 6.78. The Kier molecular flexibility index (Phi) is 6.49. The third-order valence-corrected chi connectivity index (χ3v) is 4.50. The highest BCUT2D eigenvalue weighted by atomic mass is 35.5. The largest absolute Gasteiger partial charge is 0.481 e. The Labute approximate surface area is 173 Å². The smallest absolute Gasteiger partial charge is 0.264 e. The number of carbonyl (C=O) groups is 1. The van der Waals surface area contributed by atoms with Crippen molar-refractivity contribution in [1.82, 2.24) is 15.1 Å². The summed E-state index contributed by atoms with van der Waals surface area (Å²) in [5.74, 6) is 0.469. The molecule has 152 valence electrons. The predicted octanol–water partition coefficient (Wildman–Crippen LogP) is 4.73. The number of hydrogen-bond donors (Lipinski definition) is 0. The van der Waals surface area contributed by atoms with Gasteiger partial charge in [-0.15, -0.1) is 10.2 Å². The standard InChI is InChI=1S/C21H21ClFN3O3/c1-13(2)26(21(27)14(3)28-18-10-8-17(23)9-11-18)12-19-24-25-20(29-19)15-4-6-16(22)7-5-15/h4-11,13-14H,12H2,1-3H3. The minimum Gasteiger partial charge on any atom is -0.481 e. The van der Waals surface area contributed by atoms with Gasteiger partial charge >= 0.3 is 0 Å². The number of amides is 1. The number of benzene rings is 2. The zero-order valence-electron chi connectivity index (χ0n) is 16.3. The third kappa shape index (κ3) is 5.32. The van der Waals surface area contributed by atoms with Crippen molar-refractivity contribution in [1.29, 1.82) is 0 Å². The summed E-state index contributed by atoms with van der Waals surface area (Å²) in [6.45, 7) is 5.57. The van der Waals surface area contributed by atoms with Crippen molar-refractivity contribution in [3.63, 3.8) is 0 Å². The summed E-state index contributed by atoms with van der Waals surface area (Å²) in [4.78, 5) is 14.5. The zero-order chi connectivity index (χ0) is 21.0. The van der Waals surface area contributed by atoms with Crippen LogP contribution in [0.2, 0.25) is 5.02 Å². The van der Waals surface area contributed by atoms with Crippen molar-refractivity contribution in [2.75, 3.05) is 0 Å². The second kappa shape index (κ2) is 9.05. The summed E-state index contributed by atoms with van der Waals surface area (Å²) in [7, 11) is 0. The van der Waals surface area contributed by atoms with Gasteiger partial charge in [-0.1, -0.05) is 11.6 Å². The molecule has 0 N–H and O–H groups in total. The highest BCUT2D eigenvalue weighted by Crippen LogP contribution is 2.21. The molecule has 6 nitrogen and oxygen atoms in total. The summed E-state index contributed by atoms with van der Waals surface area (Å²) in [6.07, 6.45) is -0.762. The molecule has 1 unspecified atom stereocenters. The molecule has 29 heavy (non-hydrogen) atoms. The van der Waals surface area contributed by atoms with E-state index in [1.807, 2.05) is 13.8 Å². The van der Waals surface area contributed by atoms with Gasteiger partial charge in [-0.3, -0.25) is 4.79 Å². The van der Waals surface area contributed by atoms with Gasteiger partial charge in [0.05, 0.1) is 6.54 Å². The van der Waals surface area contributed by atoms with E-state index < -0.39 is 6.10 Å². The molecule has 1 atom stereocenters. The van der Waals surface area contributed by atoms with Crippen molar-refractivity contribution >= 4 is 17.5 Å². The van der Waals surface area contributed by atoms with E-state index in [9.17, 15) is 9.18 Å². The van der Waals surface area contributed by atoms with Crippen LogP contribution in [0.1, 0.15) is 26.7 Å². The maximum atomic E-state index is 13.0. The Hall–Kier alpha value is -2.93. The number of rotatable bonds is 7. The monoisotopic (exact) mass is 417 g/mol. The van der Waals surface area contributed by atoms with Crippen LogP contribution in [0.15, 0.2) is 52.9 Å². The molecule has 3 aromatic rings. The lowest BCUT2D eigenvalue weighted by molar-refractivity contribution is -0.140. The fourth-order valence-corrected chi connectivity index (χ4v) is 2.81. The minimum atomic E-state index is -0.762. The number of aromatic nitrogens is 2. The first kappa shape index (κ1) is 20.8. The van der Waals surface area contributed by atoms with Crippen LogP contribution in [0, 0.1) is 5.82 Å². The number of hydrogen-bond acceptors (Lipinski definition) is 5. The number of nitrogens with zero attached hydrogens (tertiary/aromatic N) is 3. The molecular formula is C21H21ClFN3O3. The van der Waals surface area contributed by atoms with Crippen LogP contribution < -0.4 is 4.74 Å². The van der Waals surface area contributed by atoms with E-state index in [2.05, 4.69) is 10.2 Å². The average Bonchev–Trinajstić information content (AvgIpc) is 3.16. The maximum Gasteiger partial charge on any atom is 0.264 e. The van der Waals surface area contributed by atoms with Crippen LogP contribution >= 0.6 is 11.6 Å². The summed E-state index contributed by atoms with van der Waals surface area (Å²) in [5, 5.41) is 8.70. The Morgan fingerprint density at radius 1 is 1.10 bits per heavy atom. The highest BCUT2D eigenvalue weighted by molar-refractivity contribution is 6.30. The molecule has 2 aromatic carbocycles. The van der Waals surface area contributed by atoms with Crippen LogP contribution in [-0.2, 0) is 11.3 Å². The van der Waals surface area contributed by atoms with Gasteiger partial charge in [0.1, 0.15) is 11.6 Å². The molecule has 0 aliphatic heterocycles. The molecule has 8 heteroatoms. The second-order valence-corrected chi connectivity index (χ2v) is 7.22. The van der Waals surface area contributed by atoms with E-state index in [0.717, 1.165) is 5.56 Å². The van der Waals surface area contributed by atoms with E-state index in [1.54, 1.807) is 36.1 Å².